The number of unbranched alkanes of at least 4 members (excludes halogenated alkanes) is 1. The molecule has 0 aliphatic heterocycles. The highest BCUT2D eigenvalue weighted by Gasteiger charge is 2.13. The van der Waals surface area contributed by atoms with E-state index in [0.717, 1.165) is 22.9 Å². The van der Waals surface area contributed by atoms with E-state index in [1.165, 1.54) is 0 Å². The third-order valence-corrected chi connectivity index (χ3v) is 5.26. The molecule has 3 rings (SSSR count). The predicted octanol–water partition coefficient (Wildman–Crippen LogP) is 5.09. The van der Waals surface area contributed by atoms with Crippen LogP contribution in [-0.4, -0.2) is 29.4 Å². The number of H-pyrrole nitrogens is 1. The maximum absolute atomic E-state index is 12.4. The van der Waals surface area contributed by atoms with Gasteiger partial charge >= 0.3 is 0 Å². The first kappa shape index (κ1) is 24.0. The van der Waals surface area contributed by atoms with Gasteiger partial charge in [0.15, 0.2) is 11.5 Å². The van der Waals surface area contributed by atoms with E-state index in [9.17, 15) is 10.1 Å². The number of nitrogens with zero attached hydrogens (tertiary/aromatic N) is 3. The van der Waals surface area contributed by atoms with Crippen molar-refractivity contribution in [1.82, 2.24) is 9.97 Å². The van der Waals surface area contributed by atoms with Crippen molar-refractivity contribution in [3.8, 4) is 28.8 Å². The van der Waals surface area contributed by atoms with Gasteiger partial charge in [0.05, 0.1) is 25.1 Å². The highest BCUT2D eigenvalue weighted by Crippen LogP contribution is 2.33. The maximum Gasteiger partial charge on any atom is 0.270 e. The Morgan fingerprint density at radius 3 is 2.67 bits per heavy atom. The van der Waals surface area contributed by atoms with Crippen LogP contribution in [0.15, 0.2) is 56.8 Å². The molecule has 0 unspecified atom stereocenters. The van der Waals surface area contributed by atoms with Crippen LogP contribution < -0.4 is 20.5 Å². The van der Waals surface area contributed by atoms with Gasteiger partial charge in [0, 0.05) is 15.6 Å². The smallest absolute Gasteiger partial charge is 0.270 e. The number of nitrogens with one attached hydrogen (secondary N) is 2. The average molecular weight is 510 g/mol. The van der Waals surface area contributed by atoms with E-state index in [-0.39, 0.29) is 17.2 Å². The summed E-state index contributed by atoms with van der Waals surface area (Å²) in [4.78, 5) is 19.3. The quantitative estimate of drug-likeness (QED) is 0.223. The van der Waals surface area contributed by atoms with Crippen molar-refractivity contribution >= 4 is 28.1 Å². The van der Waals surface area contributed by atoms with Crippen LogP contribution in [0, 0.1) is 11.3 Å². The van der Waals surface area contributed by atoms with Crippen molar-refractivity contribution in [2.24, 2.45) is 5.10 Å². The minimum absolute atomic E-state index is 0.0570. The van der Waals surface area contributed by atoms with Crippen molar-refractivity contribution in [2.45, 2.75) is 26.7 Å². The molecule has 0 spiro atoms. The summed E-state index contributed by atoms with van der Waals surface area (Å²) in [7, 11) is 0. The van der Waals surface area contributed by atoms with Gasteiger partial charge in [0.2, 0.25) is 5.95 Å². The van der Waals surface area contributed by atoms with Gasteiger partial charge in [-0.3, -0.25) is 9.78 Å². The number of rotatable bonds is 10. The van der Waals surface area contributed by atoms with Crippen LogP contribution in [-0.2, 0) is 0 Å². The Labute approximate surface area is 200 Å². The second-order valence-electron chi connectivity index (χ2n) is 6.94. The van der Waals surface area contributed by atoms with Gasteiger partial charge in [-0.1, -0.05) is 43.7 Å². The van der Waals surface area contributed by atoms with E-state index in [1.54, 1.807) is 18.3 Å². The number of nitriles is 1. The number of benzene rings is 2. The zero-order valence-electron chi connectivity index (χ0n) is 18.4. The lowest BCUT2D eigenvalue weighted by Crippen LogP contribution is -2.16. The van der Waals surface area contributed by atoms with Crippen molar-refractivity contribution in [3.05, 3.63) is 68.4 Å². The lowest BCUT2D eigenvalue weighted by Gasteiger charge is -2.13. The molecule has 0 aliphatic rings. The van der Waals surface area contributed by atoms with Gasteiger partial charge < -0.3 is 9.47 Å². The van der Waals surface area contributed by atoms with Gasteiger partial charge in [0.25, 0.3) is 5.56 Å². The highest BCUT2D eigenvalue weighted by molar-refractivity contribution is 9.10. The molecule has 9 heteroatoms. The Kier molecular flexibility index (Phi) is 8.61. The summed E-state index contributed by atoms with van der Waals surface area (Å²) >= 11 is 3.54. The lowest BCUT2D eigenvalue weighted by molar-refractivity contribution is 0.272. The van der Waals surface area contributed by atoms with Crippen LogP contribution in [0.2, 0.25) is 0 Å². The van der Waals surface area contributed by atoms with E-state index in [1.807, 2.05) is 43.3 Å². The number of hydrazone groups is 1. The van der Waals surface area contributed by atoms with E-state index in [4.69, 9.17) is 9.47 Å². The standard InChI is InChI=1S/C24H24BrN5O3/c1-3-5-11-33-21-13-19(25)17(12-20(21)32-4-2)15-27-30-24-28-22(16-9-7-6-8-10-16)18(14-26)23(31)29-24/h6-10,12-13,15H,3-5,11H2,1-2H3,(H2,28,29,30,31). The van der Waals surface area contributed by atoms with E-state index < -0.39 is 5.56 Å². The number of anilines is 1. The Morgan fingerprint density at radius 1 is 1.21 bits per heavy atom. The van der Waals surface area contributed by atoms with Crippen LogP contribution in [0.4, 0.5) is 5.95 Å². The Balaban J connectivity index is 1.85. The van der Waals surface area contributed by atoms with E-state index in [0.29, 0.717) is 30.3 Å². The topological polar surface area (TPSA) is 112 Å². The molecule has 0 atom stereocenters. The summed E-state index contributed by atoms with van der Waals surface area (Å²) in [6.07, 6.45) is 3.57. The first-order chi connectivity index (χ1) is 16.1. The number of ether oxygens (including phenoxy) is 2. The van der Waals surface area contributed by atoms with Gasteiger partial charge in [-0.2, -0.15) is 10.4 Å². The molecule has 8 nitrogen and oxygen atoms in total. The van der Waals surface area contributed by atoms with Crippen LogP contribution in [0.5, 0.6) is 11.5 Å². The molecule has 2 aromatic carbocycles. The fourth-order valence-electron chi connectivity index (χ4n) is 2.96. The molecule has 2 N–H and O–H groups in total. The van der Waals surface area contributed by atoms with Gasteiger partial charge in [0.1, 0.15) is 11.6 Å². The molecule has 33 heavy (non-hydrogen) atoms. The zero-order valence-corrected chi connectivity index (χ0v) is 20.0. The van der Waals surface area contributed by atoms with Crippen molar-refractivity contribution in [2.75, 3.05) is 18.6 Å². The summed E-state index contributed by atoms with van der Waals surface area (Å²) in [5.74, 6) is 1.40. The van der Waals surface area contributed by atoms with Crippen LogP contribution in [0.3, 0.4) is 0 Å². The Hall–Kier alpha value is -3.64. The highest BCUT2D eigenvalue weighted by atomic mass is 79.9. The SMILES string of the molecule is CCCCOc1cc(Br)c(C=NNc2nc(-c3ccccc3)c(C#N)c(=O)[nH]2)cc1OCC. The third kappa shape index (κ3) is 6.20. The number of hydrogen-bond donors (Lipinski definition) is 2. The fourth-order valence-corrected chi connectivity index (χ4v) is 3.38. The molecule has 0 saturated heterocycles. The number of aromatic nitrogens is 2. The summed E-state index contributed by atoms with van der Waals surface area (Å²) in [6.45, 7) is 5.12. The minimum atomic E-state index is -0.544. The molecule has 0 fully saturated rings. The summed E-state index contributed by atoms with van der Waals surface area (Å²) in [6, 6.07) is 14.6. The van der Waals surface area contributed by atoms with Crippen molar-refractivity contribution in [3.63, 3.8) is 0 Å². The molecule has 0 radical (unpaired) electrons. The fraction of sp³-hybridized carbons (Fsp3) is 0.250. The first-order valence-corrected chi connectivity index (χ1v) is 11.3. The average Bonchev–Trinajstić information content (AvgIpc) is 2.82. The van der Waals surface area contributed by atoms with Crippen molar-refractivity contribution in [1.29, 1.82) is 5.26 Å². The molecule has 1 aromatic heterocycles. The number of halogens is 1. The number of aromatic amines is 1. The van der Waals surface area contributed by atoms with Crippen LogP contribution in [0.1, 0.15) is 37.8 Å². The van der Waals surface area contributed by atoms with Crippen LogP contribution in [0.25, 0.3) is 11.3 Å². The van der Waals surface area contributed by atoms with Gasteiger partial charge in [-0.15, -0.1) is 0 Å². The van der Waals surface area contributed by atoms with Gasteiger partial charge in [-0.25, -0.2) is 10.4 Å². The molecule has 0 bridgehead atoms. The molecular formula is C24H24BrN5O3. The minimum Gasteiger partial charge on any atom is -0.490 e. The van der Waals surface area contributed by atoms with Crippen molar-refractivity contribution < 1.29 is 9.47 Å². The van der Waals surface area contributed by atoms with Crippen LogP contribution >= 0.6 is 15.9 Å². The normalized spacial score (nSPS) is 10.7. The first-order valence-electron chi connectivity index (χ1n) is 10.5. The Morgan fingerprint density at radius 2 is 1.97 bits per heavy atom. The molecule has 0 aliphatic carbocycles. The third-order valence-electron chi connectivity index (χ3n) is 4.57. The molecule has 0 saturated carbocycles. The second kappa shape index (κ2) is 11.8. The molecule has 1 heterocycles. The van der Waals surface area contributed by atoms with E-state index in [2.05, 4.69) is 43.3 Å². The molecule has 170 valence electrons. The molecular weight excluding hydrogens is 486 g/mol. The zero-order chi connectivity index (χ0) is 23.6. The maximum atomic E-state index is 12.4. The summed E-state index contributed by atoms with van der Waals surface area (Å²) in [5, 5.41) is 13.6. The largest absolute Gasteiger partial charge is 0.490 e. The molecule has 0 amide bonds. The number of hydrogen-bond acceptors (Lipinski definition) is 7. The summed E-state index contributed by atoms with van der Waals surface area (Å²) < 4.78 is 12.3. The Bertz CT molecular complexity index is 1220. The molecule has 3 aromatic rings. The lowest BCUT2D eigenvalue weighted by atomic mass is 10.1. The van der Waals surface area contributed by atoms with E-state index >= 15 is 0 Å². The summed E-state index contributed by atoms with van der Waals surface area (Å²) in [5.41, 5.74) is 3.82. The predicted molar refractivity (Wildman–Crippen MR) is 132 cm³/mol. The monoisotopic (exact) mass is 509 g/mol. The van der Waals surface area contributed by atoms with Gasteiger partial charge in [-0.05, 0) is 41.4 Å². The second-order valence-corrected chi connectivity index (χ2v) is 7.80.